The monoisotopic (exact) mass is 800 g/mol. The molecule has 1 rings (SSSR count). The number of hydrogen-bond acceptors (Lipinski definition) is 12. The van der Waals surface area contributed by atoms with Crippen molar-refractivity contribution in [2.45, 2.75) is 172 Å². The Morgan fingerprint density at radius 3 is 1.51 bits per heavy atom. The zero-order chi connectivity index (χ0) is 40.7. The van der Waals surface area contributed by atoms with E-state index in [2.05, 4.69) is 50.3 Å². The maximum Gasteiger partial charge on any atom is 0.472 e. The quantitative estimate of drug-likeness (QED) is 0.0189. The van der Waals surface area contributed by atoms with Gasteiger partial charge in [0.05, 0.1) is 13.0 Å². The van der Waals surface area contributed by atoms with Gasteiger partial charge in [-0.3, -0.25) is 18.6 Å². The molecule has 0 radical (unpaired) electrons. The zero-order valence-corrected chi connectivity index (χ0v) is 33.8. The molecule has 0 saturated heterocycles. The number of rotatable bonds is 31. The Kier molecular flexibility index (Phi) is 29.1. The number of hydrogen-bond donors (Lipinski definition) is 6. The summed E-state index contributed by atoms with van der Waals surface area (Å²) in [6, 6.07) is 0. The average molecular weight is 801 g/mol. The van der Waals surface area contributed by atoms with E-state index >= 15 is 0 Å². The lowest BCUT2D eigenvalue weighted by atomic mass is 9.85. The van der Waals surface area contributed by atoms with Gasteiger partial charge in [-0.2, -0.15) is 0 Å². The van der Waals surface area contributed by atoms with Gasteiger partial charge in [-0.1, -0.05) is 139 Å². The molecule has 0 amide bonds. The molecule has 13 nitrogen and oxygen atoms in total. The van der Waals surface area contributed by atoms with Crippen molar-refractivity contribution in [1.29, 1.82) is 0 Å². The third kappa shape index (κ3) is 24.7. The smallest absolute Gasteiger partial charge is 0.462 e. The zero-order valence-electron chi connectivity index (χ0n) is 32.9. The van der Waals surface area contributed by atoms with Crippen LogP contribution < -0.4 is 0 Å². The normalized spacial score (nSPS) is 23.7. The van der Waals surface area contributed by atoms with Crippen LogP contribution in [-0.4, -0.2) is 98.3 Å². The van der Waals surface area contributed by atoms with E-state index in [9.17, 15) is 44.6 Å². The molecule has 316 valence electrons. The van der Waals surface area contributed by atoms with Gasteiger partial charge in [0.15, 0.2) is 6.10 Å². The summed E-state index contributed by atoms with van der Waals surface area (Å²) in [6.07, 6.45) is 23.3. The molecule has 55 heavy (non-hydrogen) atoms. The Balaban J connectivity index is 2.61. The van der Waals surface area contributed by atoms with Crippen LogP contribution in [0.15, 0.2) is 60.8 Å². The third-order valence-corrected chi connectivity index (χ3v) is 9.89. The van der Waals surface area contributed by atoms with Crippen LogP contribution >= 0.6 is 7.82 Å². The van der Waals surface area contributed by atoms with Crippen LogP contribution in [0.25, 0.3) is 0 Å². The van der Waals surface area contributed by atoms with Crippen LogP contribution in [0.1, 0.15) is 129 Å². The summed E-state index contributed by atoms with van der Waals surface area (Å²) >= 11 is 0. The molecule has 1 aliphatic rings. The molecule has 0 aromatic heterocycles. The Hall–Kier alpha value is -2.45. The summed E-state index contributed by atoms with van der Waals surface area (Å²) in [5.74, 6) is -1.25. The third-order valence-electron chi connectivity index (χ3n) is 8.91. The first-order valence-electron chi connectivity index (χ1n) is 20.1. The van der Waals surface area contributed by atoms with Crippen LogP contribution in [0.5, 0.6) is 0 Å². The van der Waals surface area contributed by atoms with Gasteiger partial charge in [0, 0.05) is 6.42 Å². The number of unbranched alkanes of at least 4 members (excludes halogenated alkanes) is 10. The number of ether oxygens (including phenoxy) is 2. The van der Waals surface area contributed by atoms with Gasteiger partial charge in [0.25, 0.3) is 0 Å². The molecule has 6 unspecified atom stereocenters. The summed E-state index contributed by atoms with van der Waals surface area (Å²) in [4.78, 5) is 35.4. The lowest BCUT2D eigenvalue weighted by molar-refractivity contribution is -0.220. The molecule has 1 aliphatic carbocycles. The molecular weight excluding hydrogens is 731 g/mol. The molecule has 6 N–H and O–H groups in total. The van der Waals surface area contributed by atoms with Gasteiger partial charge in [0.1, 0.15) is 43.2 Å². The van der Waals surface area contributed by atoms with Gasteiger partial charge >= 0.3 is 19.8 Å². The summed E-state index contributed by atoms with van der Waals surface area (Å²) in [7, 11) is -5.14. The van der Waals surface area contributed by atoms with Crippen molar-refractivity contribution in [2.75, 3.05) is 13.2 Å². The molecule has 0 aromatic rings. The molecule has 1 saturated carbocycles. The van der Waals surface area contributed by atoms with E-state index < -0.39 is 75.7 Å². The Labute approximate surface area is 328 Å². The van der Waals surface area contributed by atoms with Crippen molar-refractivity contribution >= 4 is 19.8 Å². The van der Waals surface area contributed by atoms with Crippen LogP contribution in [0.2, 0.25) is 0 Å². The fourth-order valence-electron chi connectivity index (χ4n) is 5.66. The minimum Gasteiger partial charge on any atom is -0.462 e. The minimum absolute atomic E-state index is 0.136. The summed E-state index contributed by atoms with van der Waals surface area (Å²) in [5.41, 5.74) is 0. The molecule has 0 aromatic carbocycles. The van der Waals surface area contributed by atoms with Crippen molar-refractivity contribution in [3.8, 4) is 0 Å². The molecule has 1 fully saturated rings. The highest BCUT2D eigenvalue weighted by molar-refractivity contribution is 7.47. The van der Waals surface area contributed by atoms with Crippen molar-refractivity contribution < 1.29 is 63.1 Å². The largest absolute Gasteiger partial charge is 0.472 e. The number of allylic oxidation sites excluding steroid dienone is 9. The second kappa shape index (κ2) is 31.6. The SMILES string of the molecule is CC/C=C\C/C=C\C/C=C\C/C=C\C/C=C\CC(=O)OC(COC(=O)CCCCCCCCCCCCC)COP(=O)(O)OC1C(O)C(O)C(O)C(O)C1O. The first kappa shape index (κ1) is 50.6. The fraction of sp³-hybridized carbons (Fsp3) is 0.707. The summed E-state index contributed by atoms with van der Waals surface area (Å²) < 4.78 is 33.2. The van der Waals surface area contributed by atoms with Gasteiger partial charge in [-0.25, -0.2) is 4.57 Å². The Morgan fingerprint density at radius 2 is 1.02 bits per heavy atom. The number of esters is 2. The highest BCUT2D eigenvalue weighted by Gasteiger charge is 2.51. The number of phosphoric acid groups is 1. The molecule has 6 atom stereocenters. The standard InChI is InChI=1S/C41H69O13P/c1-3-5-7-9-11-13-15-16-17-18-20-22-24-26-28-30-35(43)53-33(31-51-34(42)29-27-25-23-21-19-14-12-10-8-6-4-2)32-52-55(49,50)54-41-39(47)37(45)36(44)38(46)40(41)48/h5,7,11,13,16-17,20,22,26,28,33,36-41,44-48H,3-4,6,8-10,12,14-15,18-19,21,23-25,27,29-32H2,1-2H3,(H,49,50)/b7-5-,13-11-,17-16-,22-20-,28-26-. The minimum atomic E-state index is -5.14. The number of aliphatic hydroxyl groups is 5. The summed E-state index contributed by atoms with van der Waals surface area (Å²) in [6.45, 7) is 3.05. The number of phosphoric ester groups is 1. The maximum atomic E-state index is 12.7. The van der Waals surface area contributed by atoms with Crippen LogP contribution in [0.3, 0.4) is 0 Å². The topological polar surface area (TPSA) is 210 Å². The molecule has 14 heteroatoms. The predicted molar refractivity (Wildman–Crippen MR) is 212 cm³/mol. The van der Waals surface area contributed by atoms with E-state index in [1.54, 1.807) is 12.2 Å². The fourth-order valence-corrected chi connectivity index (χ4v) is 6.63. The first-order valence-corrected chi connectivity index (χ1v) is 21.6. The van der Waals surface area contributed by atoms with Crippen LogP contribution in [0.4, 0.5) is 0 Å². The van der Waals surface area contributed by atoms with E-state index in [0.29, 0.717) is 12.8 Å². The lowest BCUT2D eigenvalue weighted by Crippen LogP contribution is -2.64. The second-order valence-electron chi connectivity index (χ2n) is 13.8. The van der Waals surface area contributed by atoms with Gasteiger partial charge in [0.2, 0.25) is 0 Å². The maximum absolute atomic E-state index is 12.7. The van der Waals surface area contributed by atoms with E-state index in [-0.39, 0.29) is 12.8 Å². The molecular formula is C41H69O13P. The second-order valence-corrected chi connectivity index (χ2v) is 15.2. The van der Waals surface area contributed by atoms with Gasteiger partial charge in [-0.05, 0) is 38.5 Å². The molecule has 0 bridgehead atoms. The first-order chi connectivity index (χ1) is 26.4. The summed E-state index contributed by atoms with van der Waals surface area (Å²) in [5, 5.41) is 49.9. The van der Waals surface area contributed by atoms with Gasteiger partial charge in [-0.15, -0.1) is 0 Å². The van der Waals surface area contributed by atoms with Crippen molar-refractivity contribution in [3.63, 3.8) is 0 Å². The highest BCUT2D eigenvalue weighted by atomic mass is 31.2. The van der Waals surface area contributed by atoms with E-state index in [4.69, 9.17) is 18.5 Å². The van der Waals surface area contributed by atoms with Crippen molar-refractivity contribution in [1.82, 2.24) is 0 Å². The van der Waals surface area contributed by atoms with Crippen LogP contribution in [0, 0.1) is 0 Å². The van der Waals surface area contributed by atoms with Crippen LogP contribution in [-0.2, 0) is 32.7 Å². The van der Waals surface area contributed by atoms with E-state index in [0.717, 1.165) is 44.9 Å². The molecule has 0 aliphatic heterocycles. The van der Waals surface area contributed by atoms with Gasteiger partial charge < -0.3 is 39.9 Å². The Bertz CT molecular complexity index is 1200. The number of carbonyl (C=O) groups excluding carboxylic acids is 2. The van der Waals surface area contributed by atoms with Crippen molar-refractivity contribution in [3.05, 3.63) is 60.8 Å². The molecule has 0 spiro atoms. The number of carbonyl (C=O) groups is 2. The van der Waals surface area contributed by atoms with Crippen molar-refractivity contribution in [2.24, 2.45) is 0 Å². The average Bonchev–Trinajstić information content (AvgIpc) is 3.16. The Morgan fingerprint density at radius 1 is 0.582 bits per heavy atom. The lowest BCUT2D eigenvalue weighted by Gasteiger charge is -2.41. The highest BCUT2D eigenvalue weighted by Crippen LogP contribution is 2.47. The van der Waals surface area contributed by atoms with E-state index in [1.165, 1.54) is 44.9 Å². The van der Waals surface area contributed by atoms with E-state index in [1.807, 2.05) is 12.2 Å². The molecule has 0 heterocycles. The number of aliphatic hydroxyl groups excluding tert-OH is 5. The predicted octanol–water partition coefficient (Wildman–Crippen LogP) is 6.60.